The summed E-state index contributed by atoms with van der Waals surface area (Å²) in [5.74, 6) is -0.956. The van der Waals surface area contributed by atoms with Gasteiger partial charge in [-0.3, -0.25) is 14.4 Å². The molecule has 1 atom stereocenters. The number of hydrogen-bond acceptors (Lipinski definition) is 3. The van der Waals surface area contributed by atoms with E-state index in [1.165, 1.54) is 0 Å². The highest BCUT2D eigenvalue weighted by Gasteiger charge is 2.33. The highest BCUT2D eigenvalue weighted by Crippen LogP contribution is 2.20. The summed E-state index contributed by atoms with van der Waals surface area (Å²) in [4.78, 5) is 36.8. The van der Waals surface area contributed by atoms with Crippen LogP contribution in [0.5, 0.6) is 0 Å². The normalized spacial score (nSPS) is 17.6. The molecule has 1 saturated heterocycles. The number of amides is 3. The number of likely N-dealkylation sites (tertiary alicyclic amines) is 1. The van der Waals surface area contributed by atoms with Crippen LogP contribution in [0.2, 0.25) is 0 Å². The minimum Gasteiger partial charge on any atom is -0.366 e. The molecule has 6 heteroatoms. The summed E-state index contributed by atoms with van der Waals surface area (Å²) in [5.41, 5.74) is 6.15. The molecule has 1 heterocycles. The Bertz CT molecular complexity index is 569. The number of carbonyl (C=O) groups excluding carboxylic acids is 3. The maximum Gasteiger partial charge on any atom is 0.248 e. The molecule has 3 amide bonds. The Hall–Kier alpha value is -2.37. The van der Waals surface area contributed by atoms with Crippen molar-refractivity contribution in [3.63, 3.8) is 0 Å². The molecule has 22 heavy (non-hydrogen) atoms. The zero-order chi connectivity index (χ0) is 16.1. The number of nitrogens with one attached hydrogen (secondary N) is 1. The number of hydrogen-bond donors (Lipinski definition) is 2. The number of primary amides is 1. The number of unbranched alkanes of at least 4 members (excludes halogenated alkanes) is 1. The minimum absolute atomic E-state index is 0.0395. The van der Waals surface area contributed by atoms with Crippen molar-refractivity contribution in [2.75, 3.05) is 18.4 Å². The van der Waals surface area contributed by atoms with Gasteiger partial charge in [-0.05, 0) is 30.7 Å². The number of benzene rings is 1. The fourth-order valence-corrected chi connectivity index (χ4v) is 2.48. The summed E-state index contributed by atoms with van der Waals surface area (Å²) in [6.07, 6.45) is 2.23. The molecule has 0 aliphatic carbocycles. The summed E-state index contributed by atoms with van der Waals surface area (Å²) in [6, 6.07) is 6.38. The Morgan fingerprint density at radius 2 is 2.00 bits per heavy atom. The second kappa shape index (κ2) is 7.06. The summed E-state index contributed by atoms with van der Waals surface area (Å²) >= 11 is 0. The first kappa shape index (κ1) is 16.0. The first-order valence-electron chi connectivity index (χ1n) is 7.49. The van der Waals surface area contributed by atoms with Crippen molar-refractivity contribution < 1.29 is 14.4 Å². The van der Waals surface area contributed by atoms with Crippen LogP contribution in [0.3, 0.4) is 0 Å². The Morgan fingerprint density at radius 1 is 1.32 bits per heavy atom. The molecule has 0 spiro atoms. The fraction of sp³-hybridized carbons (Fsp3) is 0.438. The van der Waals surface area contributed by atoms with E-state index < -0.39 is 5.91 Å². The Balaban J connectivity index is 1.92. The number of rotatable bonds is 6. The molecule has 0 aromatic heterocycles. The second-order valence-corrected chi connectivity index (χ2v) is 5.53. The molecule has 0 unspecified atom stereocenters. The number of nitrogens with zero attached hydrogens (tertiary/aromatic N) is 1. The molecule has 1 aliphatic rings. The van der Waals surface area contributed by atoms with Gasteiger partial charge in [0.1, 0.15) is 0 Å². The van der Waals surface area contributed by atoms with Crippen molar-refractivity contribution in [2.24, 2.45) is 11.7 Å². The number of anilines is 1. The topological polar surface area (TPSA) is 92.5 Å². The lowest BCUT2D eigenvalue weighted by molar-refractivity contribution is -0.128. The molecular formula is C16H21N3O3. The predicted octanol–water partition coefficient (Wildman–Crippen LogP) is 1.37. The van der Waals surface area contributed by atoms with E-state index in [1.807, 2.05) is 0 Å². The molecule has 1 aromatic rings. The third-order valence-corrected chi connectivity index (χ3v) is 3.80. The van der Waals surface area contributed by atoms with Gasteiger partial charge in [0.2, 0.25) is 17.7 Å². The van der Waals surface area contributed by atoms with Gasteiger partial charge in [-0.1, -0.05) is 13.3 Å². The van der Waals surface area contributed by atoms with E-state index in [4.69, 9.17) is 5.73 Å². The third-order valence-electron chi connectivity index (χ3n) is 3.80. The van der Waals surface area contributed by atoms with Crippen LogP contribution in [0, 0.1) is 5.92 Å². The summed E-state index contributed by atoms with van der Waals surface area (Å²) in [6.45, 7) is 3.26. The van der Waals surface area contributed by atoms with Crippen molar-refractivity contribution >= 4 is 23.4 Å². The SMILES string of the molecule is CCCCN1C[C@H](C(=O)Nc2ccc(C(N)=O)cc2)CC1=O. The van der Waals surface area contributed by atoms with Gasteiger partial charge < -0.3 is 16.0 Å². The highest BCUT2D eigenvalue weighted by atomic mass is 16.2. The third kappa shape index (κ3) is 3.84. The number of nitrogens with two attached hydrogens (primary N) is 1. The molecule has 0 saturated carbocycles. The first-order chi connectivity index (χ1) is 10.5. The zero-order valence-corrected chi connectivity index (χ0v) is 12.7. The van der Waals surface area contributed by atoms with E-state index in [9.17, 15) is 14.4 Å². The van der Waals surface area contributed by atoms with E-state index >= 15 is 0 Å². The van der Waals surface area contributed by atoms with Gasteiger partial charge in [0, 0.05) is 30.8 Å². The molecule has 1 fully saturated rings. The highest BCUT2D eigenvalue weighted by molar-refractivity contribution is 5.98. The van der Waals surface area contributed by atoms with Crippen LogP contribution in [0.25, 0.3) is 0 Å². The molecule has 1 aliphatic heterocycles. The van der Waals surface area contributed by atoms with Crippen molar-refractivity contribution in [2.45, 2.75) is 26.2 Å². The van der Waals surface area contributed by atoms with Crippen molar-refractivity contribution in [1.82, 2.24) is 4.90 Å². The molecular weight excluding hydrogens is 282 g/mol. The Labute approximate surface area is 129 Å². The van der Waals surface area contributed by atoms with E-state index in [2.05, 4.69) is 12.2 Å². The summed E-state index contributed by atoms with van der Waals surface area (Å²) in [7, 11) is 0. The maximum atomic E-state index is 12.2. The Morgan fingerprint density at radius 3 is 2.59 bits per heavy atom. The summed E-state index contributed by atoms with van der Waals surface area (Å²) in [5, 5.41) is 2.78. The minimum atomic E-state index is -0.508. The van der Waals surface area contributed by atoms with E-state index in [0.29, 0.717) is 24.3 Å². The molecule has 2 rings (SSSR count). The van der Waals surface area contributed by atoms with Crippen LogP contribution in [-0.2, 0) is 9.59 Å². The fourth-order valence-electron chi connectivity index (χ4n) is 2.48. The van der Waals surface area contributed by atoms with E-state index in [-0.39, 0.29) is 24.2 Å². The largest absolute Gasteiger partial charge is 0.366 e. The maximum absolute atomic E-state index is 12.2. The van der Waals surface area contributed by atoms with E-state index in [0.717, 1.165) is 12.8 Å². The monoisotopic (exact) mass is 303 g/mol. The van der Waals surface area contributed by atoms with Crippen molar-refractivity contribution in [1.29, 1.82) is 0 Å². The van der Waals surface area contributed by atoms with Crippen LogP contribution in [0.4, 0.5) is 5.69 Å². The quantitative estimate of drug-likeness (QED) is 0.831. The molecule has 1 aromatic carbocycles. The molecule has 6 nitrogen and oxygen atoms in total. The molecule has 0 radical (unpaired) electrons. The second-order valence-electron chi connectivity index (χ2n) is 5.53. The molecule has 0 bridgehead atoms. The van der Waals surface area contributed by atoms with Gasteiger partial charge in [0.25, 0.3) is 0 Å². The first-order valence-corrected chi connectivity index (χ1v) is 7.49. The van der Waals surface area contributed by atoms with Crippen LogP contribution < -0.4 is 11.1 Å². The standard InChI is InChI=1S/C16H21N3O3/c1-2-3-8-19-10-12(9-14(19)20)16(22)18-13-6-4-11(5-7-13)15(17)21/h4-7,12H,2-3,8-10H2,1H3,(H2,17,21)(H,18,22)/t12-/m1/s1. The van der Waals surface area contributed by atoms with Crippen molar-refractivity contribution in [3.05, 3.63) is 29.8 Å². The van der Waals surface area contributed by atoms with Crippen LogP contribution in [0.1, 0.15) is 36.5 Å². The van der Waals surface area contributed by atoms with Gasteiger partial charge >= 0.3 is 0 Å². The van der Waals surface area contributed by atoms with Crippen LogP contribution in [-0.4, -0.2) is 35.7 Å². The van der Waals surface area contributed by atoms with Crippen LogP contribution in [0.15, 0.2) is 24.3 Å². The van der Waals surface area contributed by atoms with Gasteiger partial charge in [-0.2, -0.15) is 0 Å². The van der Waals surface area contributed by atoms with E-state index in [1.54, 1.807) is 29.2 Å². The summed E-state index contributed by atoms with van der Waals surface area (Å²) < 4.78 is 0. The smallest absolute Gasteiger partial charge is 0.248 e. The Kier molecular flexibility index (Phi) is 5.14. The molecule has 3 N–H and O–H groups in total. The van der Waals surface area contributed by atoms with Gasteiger partial charge in [0.15, 0.2) is 0 Å². The molecule has 118 valence electrons. The van der Waals surface area contributed by atoms with Gasteiger partial charge in [-0.25, -0.2) is 0 Å². The van der Waals surface area contributed by atoms with Crippen LogP contribution >= 0.6 is 0 Å². The average Bonchev–Trinajstić information content (AvgIpc) is 2.87. The van der Waals surface area contributed by atoms with Crippen molar-refractivity contribution in [3.8, 4) is 0 Å². The number of carbonyl (C=O) groups is 3. The van der Waals surface area contributed by atoms with Gasteiger partial charge in [0.05, 0.1) is 5.92 Å². The average molecular weight is 303 g/mol. The zero-order valence-electron chi connectivity index (χ0n) is 12.7. The predicted molar refractivity (Wildman–Crippen MR) is 83.2 cm³/mol. The van der Waals surface area contributed by atoms with Gasteiger partial charge in [-0.15, -0.1) is 0 Å². The lowest BCUT2D eigenvalue weighted by atomic mass is 10.1. The lowest BCUT2D eigenvalue weighted by Crippen LogP contribution is -2.29. The lowest BCUT2D eigenvalue weighted by Gasteiger charge is -2.16.